The fourth-order valence-electron chi connectivity index (χ4n) is 8.11. The molecule has 0 N–H and O–H groups in total. The van der Waals surface area contributed by atoms with E-state index in [0.717, 1.165) is 67.9 Å². The molecule has 0 fully saturated rings. The Labute approximate surface area is 339 Å². The van der Waals surface area contributed by atoms with Crippen LogP contribution in [0.1, 0.15) is 0 Å². The summed E-state index contributed by atoms with van der Waals surface area (Å²) >= 11 is 0. The number of hydrogen-bond acceptors (Lipinski definition) is 3. The lowest BCUT2D eigenvalue weighted by atomic mass is 10.1. The van der Waals surface area contributed by atoms with E-state index in [4.69, 9.17) is 0 Å². The van der Waals surface area contributed by atoms with Gasteiger partial charge in [-0.15, -0.1) is 0 Å². The van der Waals surface area contributed by atoms with Crippen LogP contribution in [0.5, 0.6) is 0 Å². The second-order valence-corrected chi connectivity index (χ2v) is 14.3. The van der Waals surface area contributed by atoms with E-state index in [1.165, 1.54) is 10.8 Å². The molecule has 0 saturated carbocycles. The maximum Gasteiger partial charge on any atom is 0.0542 e. The van der Waals surface area contributed by atoms with E-state index < -0.39 is 0 Å². The van der Waals surface area contributed by atoms with Crippen LogP contribution in [0.15, 0.2) is 243 Å². The van der Waals surface area contributed by atoms with Crippen LogP contribution in [-0.2, 0) is 0 Å². The molecule has 1 heterocycles. The van der Waals surface area contributed by atoms with Gasteiger partial charge in [-0.3, -0.25) is 0 Å². The average Bonchev–Trinajstić information content (AvgIpc) is 3.62. The predicted molar refractivity (Wildman–Crippen MR) is 245 cm³/mol. The van der Waals surface area contributed by atoms with Crippen LogP contribution in [0.25, 0.3) is 27.5 Å². The van der Waals surface area contributed by atoms with Crippen molar-refractivity contribution in [2.45, 2.75) is 0 Å². The summed E-state index contributed by atoms with van der Waals surface area (Å²) in [7, 11) is 0. The van der Waals surface area contributed by atoms with Gasteiger partial charge >= 0.3 is 0 Å². The van der Waals surface area contributed by atoms with Crippen molar-refractivity contribution in [3.8, 4) is 5.69 Å². The first-order valence-electron chi connectivity index (χ1n) is 19.7. The number of benzene rings is 9. The van der Waals surface area contributed by atoms with Crippen LogP contribution in [-0.4, -0.2) is 4.57 Å². The molecule has 0 aliphatic carbocycles. The highest BCUT2D eigenvalue weighted by Gasteiger charge is 2.20. The number of para-hydroxylation sites is 6. The monoisotopic (exact) mass is 744 g/mol. The molecule has 4 nitrogen and oxygen atoms in total. The largest absolute Gasteiger partial charge is 0.311 e. The van der Waals surface area contributed by atoms with Crippen molar-refractivity contribution in [2.24, 2.45) is 0 Å². The number of nitrogens with zero attached hydrogens (tertiary/aromatic N) is 4. The molecule has 0 saturated heterocycles. The summed E-state index contributed by atoms with van der Waals surface area (Å²) in [6, 6.07) is 86.3. The standard InChI is InChI=1S/C54H40N4/c1-7-19-41(20-8-1)55(42-21-9-2-10-22-42)47-31-33-48(34-32-47)57(45-27-15-5-16-28-45)50-36-38-54-52(40-50)51-39-49(35-37-53(51)58(54)46-29-17-6-18-30-46)56(43-23-11-3-12-24-43)44-25-13-4-14-26-44/h1-40H. The molecule has 0 aliphatic rings. The van der Waals surface area contributed by atoms with Crippen molar-refractivity contribution < 1.29 is 0 Å². The van der Waals surface area contributed by atoms with Gasteiger partial charge in [-0.05, 0) is 133 Å². The Morgan fingerprint density at radius 3 is 0.776 bits per heavy atom. The van der Waals surface area contributed by atoms with Crippen LogP contribution < -0.4 is 14.7 Å². The lowest BCUT2D eigenvalue weighted by Gasteiger charge is -2.28. The van der Waals surface area contributed by atoms with Gasteiger partial charge in [-0.25, -0.2) is 0 Å². The molecule has 0 bridgehead atoms. The van der Waals surface area contributed by atoms with Crippen molar-refractivity contribution in [1.29, 1.82) is 0 Å². The van der Waals surface area contributed by atoms with E-state index in [9.17, 15) is 0 Å². The Kier molecular flexibility index (Phi) is 9.18. The van der Waals surface area contributed by atoms with E-state index in [2.05, 4.69) is 262 Å². The maximum atomic E-state index is 2.39. The summed E-state index contributed by atoms with van der Waals surface area (Å²) in [6.07, 6.45) is 0. The predicted octanol–water partition coefficient (Wildman–Crippen LogP) is 15.2. The van der Waals surface area contributed by atoms with Gasteiger partial charge in [0.25, 0.3) is 0 Å². The first-order chi connectivity index (χ1) is 28.8. The van der Waals surface area contributed by atoms with E-state index in [1.54, 1.807) is 0 Å². The summed E-state index contributed by atoms with van der Waals surface area (Å²) in [4.78, 5) is 6.99. The molecule has 0 amide bonds. The van der Waals surface area contributed by atoms with Crippen LogP contribution in [0.3, 0.4) is 0 Å². The van der Waals surface area contributed by atoms with E-state index in [1.807, 2.05) is 0 Å². The molecule has 0 aliphatic heterocycles. The summed E-state index contributed by atoms with van der Waals surface area (Å²) < 4.78 is 2.39. The summed E-state index contributed by atoms with van der Waals surface area (Å²) in [5.74, 6) is 0. The summed E-state index contributed by atoms with van der Waals surface area (Å²) in [5, 5.41) is 2.36. The Balaban J connectivity index is 1.14. The molecule has 0 atom stereocenters. The lowest BCUT2D eigenvalue weighted by molar-refractivity contribution is 1.18. The van der Waals surface area contributed by atoms with Crippen LogP contribution in [0.2, 0.25) is 0 Å². The Hall–Kier alpha value is -7.82. The van der Waals surface area contributed by atoms with Gasteiger partial charge in [-0.1, -0.05) is 109 Å². The van der Waals surface area contributed by atoms with Crippen molar-refractivity contribution in [2.75, 3.05) is 14.7 Å². The highest BCUT2D eigenvalue weighted by Crippen LogP contribution is 2.43. The number of anilines is 9. The third kappa shape index (κ3) is 6.53. The number of aromatic nitrogens is 1. The molecule has 10 rings (SSSR count). The highest BCUT2D eigenvalue weighted by molar-refractivity contribution is 6.12. The number of rotatable bonds is 10. The number of fused-ring (bicyclic) bond motifs is 3. The minimum atomic E-state index is 1.07. The number of hydrogen-bond donors (Lipinski definition) is 0. The highest BCUT2D eigenvalue weighted by atomic mass is 15.2. The van der Waals surface area contributed by atoms with Gasteiger partial charge < -0.3 is 19.3 Å². The molecule has 1 aromatic heterocycles. The third-order valence-corrected chi connectivity index (χ3v) is 10.7. The molecule has 0 unspecified atom stereocenters. The Bertz CT molecular complexity index is 2840. The van der Waals surface area contributed by atoms with Gasteiger partial charge in [0.1, 0.15) is 0 Å². The molecular formula is C54H40N4. The van der Waals surface area contributed by atoms with Crippen LogP contribution in [0, 0.1) is 0 Å². The third-order valence-electron chi connectivity index (χ3n) is 10.7. The van der Waals surface area contributed by atoms with E-state index in [-0.39, 0.29) is 0 Å². The summed E-state index contributed by atoms with van der Waals surface area (Å²) in [5.41, 5.74) is 13.3. The van der Waals surface area contributed by atoms with Crippen LogP contribution in [0.4, 0.5) is 51.2 Å². The quantitative estimate of drug-likeness (QED) is 0.139. The lowest BCUT2D eigenvalue weighted by Crippen LogP contribution is -2.12. The molecule has 58 heavy (non-hydrogen) atoms. The van der Waals surface area contributed by atoms with Gasteiger partial charge in [0, 0.05) is 67.6 Å². The molecule has 10 aromatic rings. The van der Waals surface area contributed by atoms with Crippen LogP contribution >= 0.6 is 0 Å². The topological polar surface area (TPSA) is 14.7 Å². The zero-order valence-corrected chi connectivity index (χ0v) is 31.9. The van der Waals surface area contributed by atoms with Gasteiger partial charge in [0.05, 0.1) is 11.0 Å². The first kappa shape index (κ1) is 34.7. The van der Waals surface area contributed by atoms with Gasteiger partial charge in [-0.2, -0.15) is 0 Å². The van der Waals surface area contributed by atoms with E-state index >= 15 is 0 Å². The normalized spacial score (nSPS) is 11.1. The Morgan fingerprint density at radius 1 is 0.224 bits per heavy atom. The minimum Gasteiger partial charge on any atom is -0.311 e. The van der Waals surface area contributed by atoms with Crippen molar-refractivity contribution >= 4 is 73.0 Å². The zero-order valence-electron chi connectivity index (χ0n) is 31.9. The van der Waals surface area contributed by atoms with Gasteiger partial charge in [0.2, 0.25) is 0 Å². The fraction of sp³-hybridized carbons (Fsp3) is 0. The van der Waals surface area contributed by atoms with Crippen molar-refractivity contribution in [3.63, 3.8) is 0 Å². The first-order valence-corrected chi connectivity index (χ1v) is 19.7. The van der Waals surface area contributed by atoms with E-state index in [0.29, 0.717) is 0 Å². The molecular weight excluding hydrogens is 705 g/mol. The molecule has 276 valence electrons. The minimum absolute atomic E-state index is 1.07. The summed E-state index contributed by atoms with van der Waals surface area (Å²) in [6.45, 7) is 0. The Morgan fingerprint density at radius 2 is 0.466 bits per heavy atom. The molecule has 4 heteroatoms. The second-order valence-electron chi connectivity index (χ2n) is 14.3. The molecule has 0 radical (unpaired) electrons. The molecule has 0 spiro atoms. The molecule has 9 aromatic carbocycles. The second kappa shape index (κ2) is 15.4. The van der Waals surface area contributed by atoms with Crippen molar-refractivity contribution in [1.82, 2.24) is 4.57 Å². The van der Waals surface area contributed by atoms with Crippen molar-refractivity contribution in [3.05, 3.63) is 243 Å². The van der Waals surface area contributed by atoms with Gasteiger partial charge in [0.15, 0.2) is 0 Å². The zero-order chi connectivity index (χ0) is 38.7. The SMILES string of the molecule is c1ccc(N(c2ccccc2)c2ccc(N(c3ccccc3)c3ccc4c(c3)c3cc(N(c5ccccc5)c5ccccc5)ccc3n4-c3ccccc3)cc2)cc1. The maximum absolute atomic E-state index is 2.39. The average molecular weight is 745 g/mol. The smallest absolute Gasteiger partial charge is 0.0542 e. The fourth-order valence-corrected chi connectivity index (χ4v) is 8.11.